The van der Waals surface area contributed by atoms with Gasteiger partial charge in [-0.1, -0.05) is 0 Å². The minimum absolute atomic E-state index is 0.395. The molecular formula is C18H23N5O4. The molecule has 0 radical (unpaired) electrons. The van der Waals surface area contributed by atoms with Crippen LogP contribution in [-0.4, -0.2) is 55.4 Å². The third-order valence-electron chi connectivity index (χ3n) is 4.07. The van der Waals surface area contributed by atoms with Crippen molar-refractivity contribution in [2.24, 2.45) is 0 Å². The fourth-order valence-electron chi connectivity index (χ4n) is 2.85. The van der Waals surface area contributed by atoms with E-state index in [0.29, 0.717) is 18.7 Å². The Morgan fingerprint density at radius 1 is 1.15 bits per heavy atom. The largest absolute Gasteiger partial charge is 0.444 e. The Hall–Kier alpha value is -2.97. The van der Waals surface area contributed by atoms with Gasteiger partial charge in [0.05, 0.1) is 5.69 Å². The van der Waals surface area contributed by atoms with E-state index in [4.69, 9.17) is 9.47 Å². The Bertz CT molecular complexity index is 783. The lowest BCUT2D eigenvalue weighted by Crippen LogP contribution is -2.51. The lowest BCUT2D eigenvalue weighted by Gasteiger charge is -2.35. The van der Waals surface area contributed by atoms with E-state index in [1.54, 1.807) is 45.0 Å². The van der Waals surface area contributed by atoms with Crippen molar-refractivity contribution in [1.82, 2.24) is 25.1 Å². The average Bonchev–Trinajstić information content (AvgIpc) is 3.15. The van der Waals surface area contributed by atoms with Gasteiger partial charge in [0, 0.05) is 6.54 Å². The lowest BCUT2D eigenvalue weighted by molar-refractivity contribution is -0.141. The number of piperidine rings is 1. The normalized spacial score (nSPS) is 17.4. The highest BCUT2D eigenvalue weighted by Crippen LogP contribution is 2.23. The molecule has 1 unspecified atom stereocenters. The van der Waals surface area contributed by atoms with Crippen LogP contribution in [0.15, 0.2) is 30.6 Å². The van der Waals surface area contributed by atoms with Crippen LogP contribution in [0.2, 0.25) is 0 Å². The first-order valence-electron chi connectivity index (χ1n) is 8.88. The number of rotatable bonds is 3. The van der Waals surface area contributed by atoms with Gasteiger partial charge in [-0.2, -0.15) is 0 Å². The molecule has 1 amide bonds. The van der Waals surface area contributed by atoms with Crippen LogP contribution < -0.4 is 4.74 Å². The summed E-state index contributed by atoms with van der Waals surface area (Å²) < 4.78 is 12.4. The molecule has 1 saturated heterocycles. The van der Waals surface area contributed by atoms with Crippen molar-refractivity contribution in [3.8, 4) is 11.4 Å². The van der Waals surface area contributed by atoms with Crippen LogP contribution in [0.25, 0.3) is 5.69 Å². The summed E-state index contributed by atoms with van der Waals surface area (Å²) >= 11 is 0. The number of hydrogen-bond acceptors (Lipinski definition) is 7. The number of amides is 1. The molecule has 0 bridgehead atoms. The standard InChI is InChI=1S/C18H23N5O4/c1-18(2,3)27-17(25)22-11-5-4-6-15(22)16(24)26-14-9-7-13(8-10-14)23-12-19-20-21-23/h7-10,12,15H,4-6,11H2,1-3H3. The number of carbonyl (C=O) groups is 2. The summed E-state index contributed by atoms with van der Waals surface area (Å²) in [5.41, 5.74) is 0.127. The van der Waals surface area contributed by atoms with Gasteiger partial charge in [0.1, 0.15) is 23.7 Å². The van der Waals surface area contributed by atoms with Gasteiger partial charge in [0.15, 0.2) is 0 Å². The zero-order valence-electron chi connectivity index (χ0n) is 15.7. The zero-order chi connectivity index (χ0) is 19.4. The van der Waals surface area contributed by atoms with E-state index in [9.17, 15) is 9.59 Å². The molecule has 1 aromatic heterocycles. The highest BCUT2D eigenvalue weighted by molar-refractivity contribution is 5.83. The quantitative estimate of drug-likeness (QED) is 0.601. The van der Waals surface area contributed by atoms with Crippen molar-refractivity contribution < 1.29 is 19.1 Å². The second-order valence-electron chi connectivity index (χ2n) is 7.35. The summed E-state index contributed by atoms with van der Waals surface area (Å²) in [5, 5.41) is 11.0. The fourth-order valence-corrected chi connectivity index (χ4v) is 2.85. The Balaban J connectivity index is 1.67. The van der Waals surface area contributed by atoms with Crippen molar-refractivity contribution in [3.05, 3.63) is 30.6 Å². The Labute approximate surface area is 157 Å². The number of likely N-dealkylation sites (tertiary alicyclic amines) is 1. The van der Waals surface area contributed by atoms with Gasteiger partial charge in [-0.15, -0.1) is 5.10 Å². The van der Waals surface area contributed by atoms with Gasteiger partial charge in [-0.05, 0) is 74.7 Å². The van der Waals surface area contributed by atoms with E-state index >= 15 is 0 Å². The molecule has 1 aromatic carbocycles. The highest BCUT2D eigenvalue weighted by atomic mass is 16.6. The van der Waals surface area contributed by atoms with Crippen molar-refractivity contribution in [2.75, 3.05) is 6.54 Å². The number of carbonyl (C=O) groups excluding carboxylic acids is 2. The van der Waals surface area contributed by atoms with Crippen LogP contribution in [0.5, 0.6) is 5.75 Å². The molecule has 1 aliphatic heterocycles. The molecule has 1 atom stereocenters. The van der Waals surface area contributed by atoms with Crippen LogP contribution in [0.1, 0.15) is 40.0 Å². The Morgan fingerprint density at radius 2 is 1.89 bits per heavy atom. The SMILES string of the molecule is CC(C)(C)OC(=O)N1CCCCC1C(=O)Oc1ccc(-n2cnnn2)cc1. The number of esters is 1. The molecule has 27 heavy (non-hydrogen) atoms. The lowest BCUT2D eigenvalue weighted by atomic mass is 10.0. The second kappa shape index (κ2) is 7.73. The highest BCUT2D eigenvalue weighted by Gasteiger charge is 2.36. The van der Waals surface area contributed by atoms with E-state index in [1.165, 1.54) is 15.9 Å². The number of tetrazole rings is 1. The second-order valence-corrected chi connectivity index (χ2v) is 7.35. The van der Waals surface area contributed by atoms with Crippen LogP contribution in [0, 0.1) is 0 Å². The van der Waals surface area contributed by atoms with Crippen LogP contribution in [0.3, 0.4) is 0 Å². The predicted octanol–water partition coefficient (Wildman–Crippen LogP) is 2.36. The molecule has 0 N–H and O–H groups in total. The first kappa shape index (κ1) is 18.8. The summed E-state index contributed by atoms with van der Waals surface area (Å²) in [6.07, 6.45) is 3.24. The molecule has 0 spiro atoms. The number of nitrogens with zero attached hydrogens (tertiary/aromatic N) is 5. The maximum absolute atomic E-state index is 12.7. The minimum Gasteiger partial charge on any atom is -0.444 e. The topological polar surface area (TPSA) is 99.4 Å². The zero-order valence-corrected chi connectivity index (χ0v) is 15.7. The number of aromatic nitrogens is 4. The average molecular weight is 373 g/mol. The van der Waals surface area contributed by atoms with Crippen LogP contribution in [-0.2, 0) is 9.53 Å². The van der Waals surface area contributed by atoms with Gasteiger partial charge in [-0.3, -0.25) is 4.90 Å². The van der Waals surface area contributed by atoms with Crippen LogP contribution in [0.4, 0.5) is 4.79 Å². The van der Waals surface area contributed by atoms with Gasteiger partial charge in [0.2, 0.25) is 0 Å². The molecule has 2 heterocycles. The predicted molar refractivity (Wildman–Crippen MR) is 95.4 cm³/mol. The van der Waals surface area contributed by atoms with Crippen LogP contribution >= 0.6 is 0 Å². The van der Waals surface area contributed by atoms with Gasteiger partial charge in [-0.25, -0.2) is 14.3 Å². The van der Waals surface area contributed by atoms with Crippen molar-refractivity contribution in [1.29, 1.82) is 0 Å². The minimum atomic E-state index is -0.646. The number of benzene rings is 1. The smallest absolute Gasteiger partial charge is 0.411 e. The summed E-state index contributed by atoms with van der Waals surface area (Å²) in [4.78, 5) is 26.5. The van der Waals surface area contributed by atoms with Crippen molar-refractivity contribution in [2.45, 2.75) is 51.7 Å². The molecule has 0 aliphatic carbocycles. The molecular weight excluding hydrogens is 350 g/mol. The van der Waals surface area contributed by atoms with Crippen molar-refractivity contribution >= 4 is 12.1 Å². The molecule has 144 valence electrons. The summed E-state index contributed by atoms with van der Waals surface area (Å²) in [6.45, 7) is 5.88. The van der Waals surface area contributed by atoms with Gasteiger partial charge in [0.25, 0.3) is 0 Å². The first-order chi connectivity index (χ1) is 12.8. The molecule has 1 fully saturated rings. The molecule has 0 saturated carbocycles. The molecule has 1 aliphatic rings. The summed E-state index contributed by atoms with van der Waals surface area (Å²) in [7, 11) is 0. The van der Waals surface area contributed by atoms with E-state index in [0.717, 1.165) is 18.5 Å². The van der Waals surface area contributed by atoms with Gasteiger partial charge >= 0.3 is 12.1 Å². The van der Waals surface area contributed by atoms with E-state index < -0.39 is 23.7 Å². The number of ether oxygens (including phenoxy) is 2. The number of hydrogen-bond donors (Lipinski definition) is 0. The molecule has 2 aromatic rings. The van der Waals surface area contributed by atoms with Crippen molar-refractivity contribution in [3.63, 3.8) is 0 Å². The monoisotopic (exact) mass is 373 g/mol. The third-order valence-corrected chi connectivity index (χ3v) is 4.07. The maximum atomic E-state index is 12.7. The third kappa shape index (κ3) is 4.81. The summed E-state index contributed by atoms with van der Waals surface area (Å²) in [5.74, 6) is -0.0673. The Kier molecular flexibility index (Phi) is 5.38. The van der Waals surface area contributed by atoms with E-state index in [1.807, 2.05) is 0 Å². The van der Waals surface area contributed by atoms with Gasteiger partial charge < -0.3 is 9.47 Å². The summed E-state index contributed by atoms with van der Waals surface area (Å²) in [6, 6.07) is 6.16. The van der Waals surface area contributed by atoms with E-state index in [-0.39, 0.29) is 0 Å². The van der Waals surface area contributed by atoms with E-state index in [2.05, 4.69) is 15.5 Å². The first-order valence-corrected chi connectivity index (χ1v) is 8.88. The molecule has 9 heteroatoms. The fraction of sp³-hybridized carbons (Fsp3) is 0.500. The maximum Gasteiger partial charge on any atom is 0.411 e. The molecule has 3 rings (SSSR count). The Morgan fingerprint density at radius 3 is 2.52 bits per heavy atom. The molecule has 9 nitrogen and oxygen atoms in total.